The summed E-state index contributed by atoms with van der Waals surface area (Å²) in [6, 6.07) is 18.8. The van der Waals surface area contributed by atoms with Crippen LogP contribution >= 0.6 is 15.9 Å². The summed E-state index contributed by atoms with van der Waals surface area (Å²) in [6.07, 6.45) is 2.26. The molecule has 2 aromatic carbocycles. The SMILES string of the molecule is OCC1CN(Cc2ccccc2)CC=C1c1ccc(Br)cc1. The van der Waals surface area contributed by atoms with Crippen LogP contribution in [0, 0.1) is 5.92 Å². The molecule has 0 fully saturated rings. The normalized spacial score (nSPS) is 19.0. The van der Waals surface area contributed by atoms with Gasteiger partial charge in [-0.05, 0) is 28.8 Å². The van der Waals surface area contributed by atoms with E-state index in [4.69, 9.17) is 0 Å². The molecule has 0 spiro atoms. The monoisotopic (exact) mass is 357 g/mol. The molecule has 22 heavy (non-hydrogen) atoms. The average Bonchev–Trinajstić information content (AvgIpc) is 2.56. The molecule has 0 amide bonds. The molecular weight excluding hydrogens is 338 g/mol. The first-order chi connectivity index (χ1) is 10.8. The summed E-state index contributed by atoms with van der Waals surface area (Å²) in [5, 5.41) is 9.78. The van der Waals surface area contributed by atoms with E-state index in [0.717, 1.165) is 24.1 Å². The molecule has 1 unspecified atom stereocenters. The van der Waals surface area contributed by atoms with Crippen LogP contribution in [-0.4, -0.2) is 29.7 Å². The first-order valence-electron chi connectivity index (χ1n) is 7.59. The van der Waals surface area contributed by atoms with E-state index in [0.29, 0.717) is 0 Å². The molecule has 0 bridgehead atoms. The molecule has 3 heteroatoms. The van der Waals surface area contributed by atoms with E-state index in [9.17, 15) is 5.11 Å². The molecule has 0 saturated heterocycles. The molecule has 0 aliphatic carbocycles. The lowest BCUT2D eigenvalue weighted by Gasteiger charge is -2.32. The van der Waals surface area contributed by atoms with Gasteiger partial charge in [0.2, 0.25) is 0 Å². The van der Waals surface area contributed by atoms with Gasteiger partial charge in [0.1, 0.15) is 0 Å². The maximum absolute atomic E-state index is 9.78. The Morgan fingerprint density at radius 3 is 2.45 bits per heavy atom. The number of aliphatic hydroxyl groups excluding tert-OH is 1. The Labute approximate surface area is 140 Å². The van der Waals surface area contributed by atoms with Gasteiger partial charge in [-0.1, -0.05) is 64.5 Å². The highest BCUT2D eigenvalue weighted by Gasteiger charge is 2.23. The summed E-state index contributed by atoms with van der Waals surface area (Å²) in [6.45, 7) is 2.94. The third-order valence-electron chi connectivity index (χ3n) is 4.13. The van der Waals surface area contributed by atoms with E-state index in [1.54, 1.807) is 0 Å². The van der Waals surface area contributed by atoms with Gasteiger partial charge in [0, 0.05) is 30.0 Å². The molecule has 0 radical (unpaired) electrons. The lowest BCUT2D eigenvalue weighted by molar-refractivity contribution is 0.189. The summed E-state index contributed by atoms with van der Waals surface area (Å²) in [5.74, 6) is 0.179. The van der Waals surface area contributed by atoms with Crippen molar-refractivity contribution in [1.29, 1.82) is 0 Å². The molecule has 2 aromatic rings. The van der Waals surface area contributed by atoms with Crippen LogP contribution in [0.2, 0.25) is 0 Å². The number of aliphatic hydroxyl groups is 1. The van der Waals surface area contributed by atoms with Crippen LogP contribution in [0.3, 0.4) is 0 Å². The molecule has 1 aliphatic heterocycles. The second-order valence-electron chi connectivity index (χ2n) is 5.73. The number of nitrogens with zero attached hydrogens (tertiary/aromatic N) is 1. The molecule has 1 heterocycles. The van der Waals surface area contributed by atoms with Gasteiger partial charge in [-0.2, -0.15) is 0 Å². The highest BCUT2D eigenvalue weighted by Crippen LogP contribution is 2.29. The first-order valence-corrected chi connectivity index (χ1v) is 8.38. The van der Waals surface area contributed by atoms with Gasteiger partial charge in [-0.3, -0.25) is 4.90 Å². The van der Waals surface area contributed by atoms with Crippen molar-refractivity contribution < 1.29 is 5.11 Å². The minimum atomic E-state index is 0.179. The molecule has 1 atom stereocenters. The van der Waals surface area contributed by atoms with Gasteiger partial charge in [0.05, 0.1) is 6.61 Å². The largest absolute Gasteiger partial charge is 0.396 e. The van der Waals surface area contributed by atoms with Crippen molar-refractivity contribution in [2.75, 3.05) is 19.7 Å². The maximum Gasteiger partial charge on any atom is 0.0512 e. The fourth-order valence-corrected chi connectivity index (χ4v) is 3.27. The van der Waals surface area contributed by atoms with Crippen molar-refractivity contribution in [3.8, 4) is 0 Å². The van der Waals surface area contributed by atoms with Gasteiger partial charge >= 0.3 is 0 Å². The number of halogens is 1. The van der Waals surface area contributed by atoms with Gasteiger partial charge in [0.15, 0.2) is 0 Å². The van der Waals surface area contributed by atoms with E-state index in [1.165, 1.54) is 16.7 Å². The molecule has 1 aliphatic rings. The van der Waals surface area contributed by atoms with E-state index in [2.05, 4.69) is 75.4 Å². The predicted octanol–water partition coefficient (Wildman–Crippen LogP) is 3.96. The maximum atomic E-state index is 9.78. The van der Waals surface area contributed by atoms with E-state index in [1.807, 2.05) is 6.07 Å². The third kappa shape index (κ3) is 3.67. The van der Waals surface area contributed by atoms with Crippen LogP contribution in [0.4, 0.5) is 0 Å². The number of benzene rings is 2. The average molecular weight is 358 g/mol. The zero-order valence-electron chi connectivity index (χ0n) is 12.5. The Morgan fingerprint density at radius 1 is 1.05 bits per heavy atom. The van der Waals surface area contributed by atoms with Crippen molar-refractivity contribution in [3.05, 3.63) is 76.3 Å². The quantitative estimate of drug-likeness (QED) is 0.895. The topological polar surface area (TPSA) is 23.5 Å². The fourth-order valence-electron chi connectivity index (χ4n) is 3.00. The zero-order chi connectivity index (χ0) is 15.4. The zero-order valence-corrected chi connectivity index (χ0v) is 14.0. The van der Waals surface area contributed by atoms with E-state index < -0.39 is 0 Å². The van der Waals surface area contributed by atoms with Gasteiger partial charge < -0.3 is 5.11 Å². The number of hydrogen-bond acceptors (Lipinski definition) is 2. The summed E-state index contributed by atoms with van der Waals surface area (Å²) in [4.78, 5) is 2.39. The summed E-state index contributed by atoms with van der Waals surface area (Å²) < 4.78 is 1.08. The molecule has 1 N–H and O–H groups in total. The van der Waals surface area contributed by atoms with Crippen LogP contribution in [0.1, 0.15) is 11.1 Å². The standard InChI is InChI=1S/C19H20BrNO/c20-18-8-6-16(7-9-18)19-10-11-21(13-17(19)14-22)12-15-4-2-1-3-5-15/h1-10,17,22H,11-14H2. The van der Waals surface area contributed by atoms with Crippen LogP contribution in [0.25, 0.3) is 5.57 Å². The highest BCUT2D eigenvalue weighted by atomic mass is 79.9. The Balaban J connectivity index is 1.75. The smallest absolute Gasteiger partial charge is 0.0512 e. The molecule has 3 rings (SSSR count). The number of rotatable bonds is 4. The second-order valence-corrected chi connectivity index (χ2v) is 6.64. The number of hydrogen-bond donors (Lipinski definition) is 1. The minimum absolute atomic E-state index is 0.179. The Hall–Kier alpha value is -1.42. The Morgan fingerprint density at radius 2 is 1.77 bits per heavy atom. The fraction of sp³-hybridized carbons (Fsp3) is 0.263. The van der Waals surface area contributed by atoms with Gasteiger partial charge in [-0.15, -0.1) is 0 Å². The van der Waals surface area contributed by atoms with E-state index in [-0.39, 0.29) is 12.5 Å². The first kappa shape index (κ1) is 15.5. The van der Waals surface area contributed by atoms with Crippen LogP contribution < -0.4 is 0 Å². The lowest BCUT2D eigenvalue weighted by Crippen LogP contribution is -2.35. The lowest BCUT2D eigenvalue weighted by atomic mass is 9.89. The summed E-state index contributed by atoms with van der Waals surface area (Å²) >= 11 is 3.47. The minimum Gasteiger partial charge on any atom is -0.396 e. The highest BCUT2D eigenvalue weighted by molar-refractivity contribution is 9.10. The van der Waals surface area contributed by atoms with Crippen LogP contribution in [-0.2, 0) is 6.54 Å². The van der Waals surface area contributed by atoms with Gasteiger partial charge in [0.25, 0.3) is 0 Å². The van der Waals surface area contributed by atoms with E-state index >= 15 is 0 Å². The van der Waals surface area contributed by atoms with Crippen molar-refractivity contribution in [3.63, 3.8) is 0 Å². The summed E-state index contributed by atoms with van der Waals surface area (Å²) in [7, 11) is 0. The molecule has 0 aromatic heterocycles. The van der Waals surface area contributed by atoms with Crippen LogP contribution in [0.5, 0.6) is 0 Å². The van der Waals surface area contributed by atoms with Crippen molar-refractivity contribution in [1.82, 2.24) is 4.90 Å². The van der Waals surface area contributed by atoms with Crippen molar-refractivity contribution in [2.45, 2.75) is 6.54 Å². The van der Waals surface area contributed by atoms with Crippen molar-refractivity contribution in [2.24, 2.45) is 5.92 Å². The second kappa shape index (κ2) is 7.23. The van der Waals surface area contributed by atoms with Gasteiger partial charge in [-0.25, -0.2) is 0 Å². The Kier molecular flexibility index (Phi) is 5.08. The molecular formula is C19H20BrNO. The summed E-state index contributed by atoms with van der Waals surface area (Å²) in [5.41, 5.74) is 3.79. The van der Waals surface area contributed by atoms with Crippen LogP contribution in [0.15, 0.2) is 65.1 Å². The molecule has 2 nitrogen and oxygen atoms in total. The molecule has 114 valence electrons. The Bertz CT molecular complexity index is 636. The third-order valence-corrected chi connectivity index (χ3v) is 4.66. The predicted molar refractivity (Wildman–Crippen MR) is 94.4 cm³/mol. The molecule has 0 saturated carbocycles. The van der Waals surface area contributed by atoms with Crippen molar-refractivity contribution >= 4 is 21.5 Å².